The summed E-state index contributed by atoms with van der Waals surface area (Å²) in [6.45, 7) is -0.0113. The summed E-state index contributed by atoms with van der Waals surface area (Å²) in [5.74, 6) is 1.12. The van der Waals surface area contributed by atoms with Crippen LogP contribution >= 0.6 is 23.2 Å². The molecule has 0 aliphatic carbocycles. The van der Waals surface area contributed by atoms with Crippen molar-refractivity contribution in [2.45, 2.75) is 12.5 Å². The van der Waals surface area contributed by atoms with E-state index in [-0.39, 0.29) is 19.3 Å². The Labute approximate surface area is 201 Å². The summed E-state index contributed by atoms with van der Waals surface area (Å²) in [5.41, 5.74) is 4.48. The molecule has 1 atom stereocenters. The van der Waals surface area contributed by atoms with E-state index in [1.807, 2.05) is 0 Å². The Bertz CT molecular complexity index is 1040. The van der Waals surface area contributed by atoms with Gasteiger partial charge in [-0.2, -0.15) is 5.10 Å². The van der Waals surface area contributed by atoms with Crippen molar-refractivity contribution in [2.75, 3.05) is 34.5 Å². The maximum absolute atomic E-state index is 11.9. The molecule has 0 aromatic heterocycles. The van der Waals surface area contributed by atoms with Crippen molar-refractivity contribution in [1.29, 1.82) is 0 Å². The predicted molar refractivity (Wildman–Crippen MR) is 125 cm³/mol. The quantitative estimate of drug-likeness (QED) is 0.398. The lowest BCUT2D eigenvalue weighted by molar-refractivity contribution is -0.127. The highest BCUT2D eigenvalue weighted by Crippen LogP contribution is 2.39. The van der Waals surface area contributed by atoms with Gasteiger partial charge in [0.15, 0.2) is 17.6 Å². The van der Waals surface area contributed by atoms with E-state index in [0.29, 0.717) is 45.0 Å². The standard InChI is InChI=1S/C22H23Cl2N3O6/c1-29-19-6-14(7-20(30-2)22(19)31-3)18-9-16(33-27-18)11-32-12-21(28)26-25-10-13-4-5-15(23)8-17(13)24/h4-8,10,16H,9,11-12H2,1-3H3,(H,26,28)/b25-10+. The van der Waals surface area contributed by atoms with Gasteiger partial charge < -0.3 is 23.8 Å². The molecule has 2 aromatic rings. The fraction of sp³-hybridized carbons (Fsp3) is 0.318. The third-order valence-electron chi connectivity index (χ3n) is 4.62. The number of nitrogens with zero attached hydrogens (tertiary/aromatic N) is 2. The lowest BCUT2D eigenvalue weighted by Gasteiger charge is -2.13. The minimum atomic E-state index is -0.417. The first-order chi connectivity index (χ1) is 15.9. The summed E-state index contributed by atoms with van der Waals surface area (Å²) < 4.78 is 21.5. The van der Waals surface area contributed by atoms with Crippen LogP contribution in [0, 0.1) is 0 Å². The van der Waals surface area contributed by atoms with Crippen molar-refractivity contribution < 1.29 is 28.6 Å². The van der Waals surface area contributed by atoms with Crippen LogP contribution in [0.25, 0.3) is 0 Å². The first-order valence-corrected chi connectivity index (χ1v) is 10.6. The third-order valence-corrected chi connectivity index (χ3v) is 5.19. The Morgan fingerprint density at radius 3 is 2.55 bits per heavy atom. The van der Waals surface area contributed by atoms with Crippen LogP contribution in [0.1, 0.15) is 17.5 Å². The summed E-state index contributed by atoms with van der Waals surface area (Å²) in [4.78, 5) is 17.4. The largest absolute Gasteiger partial charge is 0.493 e. The summed E-state index contributed by atoms with van der Waals surface area (Å²) in [6, 6.07) is 8.55. The average molecular weight is 496 g/mol. The number of methoxy groups -OCH3 is 3. The van der Waals surface area contributed by atoms with Gasteiger partial charge in [0.2, 0.25) is 5.75 Å². The van der Waals surface area contributed by atoms with Crippen molar-refractivity contribution in [2.24, 2.45) is 10.3 Å². The molecule has 176 valence electrons. The first kappa shape index (κ1) is 24.6. The van der Waals surface area contributed by atoms with Gasteiger partial charge in [-0.1, -0.05) is 34.4 Å². The predicted octanol–water partition coefficient (Wildman–Crippen LogP) is 3.68. The number of halogens is 2. The highest BCUT2D eigenvalue weighted by atomic mass is 35.5. The second-order valence-corrected chi connectivity index (χ2v) is 7.70. The Balaban J connectivity index is 1.46. The molecule has 1 amide bonds. The number of carbonyl (C=O) groups is 1. The maximum Gasteiger partial charge on any atom is 0.266 e. The number of carbonyl (C=O) groups excluding carboxylic acids is 1. The minimum Gasteiger partial charge on any atom is -0.493 e. The fourth-order valence-electron chi connectivity index (χ4n) is 3.03. The highest BCUT2D eigenvalue weighted by molar-refractivity contribution is 6.36. The van der Waals surface area contributed by atoms with Gasteiger partial charge >= 0.3 is 0 Å². The van der Waals surface area contributed by atoms with E-state index < -0.39 is 5.91 Å². The Kier molecular flexibility index (Phi) is 8.76. The molecule has 1 unspecified atom stereocenters. The van der Waals surface area contributed by atoms with E-state index in [0.717, 1.165) is 5.56 Å². The smallest absolute Gasteiger partial charge is 0.266 e. The van der Waals surface area contributed by atoms with Gasteiger partial charge in [0, 0.05) is 22.6 Å². The minimum absolute atomic E-state index is 0.178. The summed E-state index contributed by atoms with van der Waals surface area (Å²) in [7, 11) is 4.63. The zero-order valence-corrected chi connectivity index (χ0v) is 19.8. The zero-order valence-electron chi connectivity index (χ0n) is 18.3. The summed E-state index contributed by atoms with van der Waals surface area (Å²) in [5, 5.41) is 8.93. The number of ether oxygens (including phenoxy) is 4. The topological polar surface area (TPSA) is 100.0 Å². The molecule has 0 saturated carbocycles. The van der Waals surface area contributed by atoms with Crippen molar-refractivity contribution in [1.82, 2.24) is 5.43 Å². The van der Waals surface area contributed by atoms with E-state index in [9.17, 15) is 4.79 Å². The van der Waals surface area contributed by atoms with Gasteiger partial charge in [-0.05, 0) is 24.3 Å². The van der Waals surface area contributed by atoms with Crippen LogP contribution in [0.15, 0.2) is 40.6 Å². The van der Waals surface area contributed by atoms with Gasteiger partial charge in [0.1, 0.15) is 6.61 Å². The van der Waals surface area contributed by atoms with Crippen LogP contribution in [-0.2, 0) is 14.4 Å². The number of rotatable bonds is 10. The number of hydrazone groups is 1. The Hall–Kier alpha value is -3.01. The second kappa shape index (κ2) is 11.7. The van der Waals surface area contributed by atoms with Crippen molar-refractivity contribution in [3.63, 3.8) is 0 Å². The number of nitrogens with one attached hydrogen (secondary N) is 1. The lowest BCUT2D eigenvalue weighted by Crippen LogP contribution is -2.26. The molecule has 0 bridgehead atoms. The van der Waals surface area contributed by atoms with Crippen LogP contribution in [-0.4, -0.2) is 58.5 Å². The van der Waals surface area contributed by atoms with E-state index in [4.69, 9.17) is 47.0 Å². The molecule has 2 aromatic carbocycles. The lowest BCUT2D eigenvalue weighted by atomic mass is 10.0. The van der Waals surface area contributed by atoms with E-state index >= 15 is 0 Å². The molecule has 9 nitrogen and oxygen atoms in total. The Morgan fingerprint density at radius 2 is 1.91 bits per heavy atom. The molecular formula is C22H23Cl2N3O6. The van der Waals surface area contributed by atoms with Crippen molar-refractivity contribution in [3.8, 4) is 17.2 Å². The third kappa shape index (κ3) is 6.50. The molecule has 11 heteroatoms. The van der Waals surface area contributed by atoms with Gasteiger partial charge in [-0.25, -0.2) is 5.43 Å². The normalized spacial score (nSPS) is 15.2. The fourth-order valence-corrected chi connectivity index (χ4v) is 3.49. The molecule has 3 rings (SSSR count). The number of hydrogen-bond donors (Lipinski definition) is 1. The van der Waals surface area contributed by atoms with Crippen LogP contribution in [0.5, 0.6) is 17.2 Å². The average Bonchev–Trinajstić information content (AvgIpc) is 3.28. The molecular weight excluding hydrogens is 473 g/mol. The highest BCUT2D eigenvalue weighted by Gasteiger charge is 2.25. The molecule has 1 N–H and O–H groups in total. The van der Waals surface area contributed by atoms with Crippen molar-refractivity contribution in [3.05, 3.63) is 51.5 Å². The second-order valence-electron chi connectivity index (χ2n) is 6.86. The molecule has 0 fully saturated rings. The zero-order chi connectivity index (χ0) is 23.8. The van der Waals surface area contributed by atoms with E-state index in [1.165, 1.54) is 13.3 Å². The van der Waals surface area contributed by atoms with Crippen LogP contribution < -0.4 is 19.6 Å². The van der Waals surface area contributed by atoms with Crippen LogP contribution in [0.4, 0.5) is 0 Å². The number of benzene rings is 2. The Morgan fingerprint density at radius 1 is 1.18 bits per heavy atom. The molecule has 1 aliphatic heterocycles. The number of oxime groups is 1. The first-order valence-electron chi connectivity index (χ1n) is 9.83. The van der Waals surface area contributed by atoms with E-state index in [2.05, 4.69) is 15.7 Å². The molecule has 1 aliphatic rings. The maximum atomic E-state index is 11.9. The molecule has 0 spiro atoms. The molecule has 0 radical (unpaired) electrons. The SMILES string of the molecule is COc1cc(C2=NOC(COCC(=O)N/N=C/c3ccc(Cl)cc3Cl)C2)cc(OC)c1OC. The van der Waals surface area contributed by atoms with Gasteiger partial charge in [-0.15, -0.1) is 0 Å². The van der Waals surface area contributed by atoms with Crippen molar-refractivity contribution >= 4 is 41.0 Å². The van der Waals surface area contributed by atoms with E-state index in [1.54, 1.807) is 44.6 Å². The molecule has 0 saturated heterocycles. The van der Waals surface area contributed by atoms with Crippen LogP contribution in [0.3, 0.4) is 0 Å². The summed E-state index contributed by atoms with van der Waals surface area (Å²) in [6.07, 6.45) is 1.59. The van der Waals surface area contributed by atoms with Crippen LogP contribution in [0.2, 0.25) is 10.0 Å². The molecule has 1 heterocycles. The van der Waals surface area contributed by atoms with Gasteiger partial charge in [0.05, 0.1) is 44.9 Å². The van der Waals surface area contributed by atoms with Gasteiger partial charge in [-0.3, -0.25) is 4.79 Å². The number of amides is 1. The van der Waals surface area contributed by atoms with Gasteiger partial charge in [0.25, 0.3) is 5.91 Å². The summed E-state index contributed by atoms with van der Waals surface area (Å²) >= 11 is 11.9. The number of hydrogen-bond acceptors (Lipinski definition) is 8. The monoisotopic (exact) mass is 495 g/mol. The molecule has 33 heavy (non-hydrogen) atoms.